The van der Waals surface area contributed by atoms with Gasteiger partial charge >= 0.3 is 0 Å². The minimum absolute atomic E-state index is 0.462. The summed E-state index contributed by atoms with van der Waals surface area (Å²) in [6, 6.07) is 0. The molecule has 0 bridgehead atoms. The Labute approximate surface area is 101 Å². The van der Waals surface area contributed by atoms with Gasteiger partial charge in [-0.15, -0.1) is 11.6 Å². The first-order chi connectivity index (χ1) is 7.01. The molecule has 15 heavy (non-hydrogen) atoms. The zero-order chi connectivity index (χ0) is 11.5. The highest BCUT2D eigenvalue weighted by Gasteiger charge is 2.34. The van der Waals surface area contributed by atoms with Crippen LogP contribution in [0.3, 0.4) is 0 Å². The average molecular weight is 231 g/mol. The first-order valence-corrected chi connectivity index (χ1v) is 7.09. The number of rotatable bonds is 4. The number of hydrogen-bond donors (Lipinski definition) is 0. The van der Waals surface area contributed by atoms with Crippen molar-refractivity contribution in [1.29, 1.82) is 0 Å². The summed E-state index contributed by atoms with van der Waals surface area (Å²) in [5, 5.41) is 0.462. The second-order valence-electron chi connectivity index (χ2n) is 5.87. The molecule has 0 radical (unpaired) electrons. The highest BCUT2D eigenvalue weighted by molar-refractivity contribution is 6.20. The third-order valence-electron chi connectivity index (χ3n) is 4.63. The van der Waals surface area contributed by atoms with Gasteiger partial charge in [-0.05, 0) is 42.9 Å². The molecular weight excluding hydrogens is 204 g/mol. The van der Waals surface area contributed by atoms with Crippen LogP contribution in [0.4, 0.5) is 0 Å². The standard InChI is InChI=1S/C14H27Cl/c1-5-13(14(3,4)6-2)11-7-9-12(15)10-8-11/h11-13H,5-10H2,1-4H3. The summed E-state index contributed by atoms with van der Waals surface area (Å²) in [4.78, 5) is 0. The molecule has 1 heteroatoms. The van der Waals surface area contributed by atoms with Crippen molar-refractivity contribution in [3.8, 4) is 0 Å². The van der Waals surface area contributed by atoms with Gasteiger partial charge < -0.3 is 0 Å². The summed E-state index contributed by atoms with van der Waals surface area (Å²) >= 11 is 6.18. The van der Waals surface area contributed by atoms with Crippen LogP contribution < -0.4 is 0 Å². The molecule has 90 valence electrons. The molecule has 1 saturated carbocycles. The van der Waals surface area contributed by atoms with Crippen molar-refractivity contribution in [1.82, 2.24) is 0 Å². The lowest BCUT2D eigenvalue weighted by atomic mass is 9.65. The quantitative estimate of drug-likeness (QED) is 0.579. The van der Waals surface area contributed by atoms with Crippen LogP contribution in [-0.4, -0.2) is 5.38 Å². The molecule has 0 aromatic heterocycles. The van der Waals surface area contributed by atoms with Crippen LogP contribution in [0, 0.1) is 17.3 Å². The van der Waals surface area contributed by atoms with E-state index in [1.54, 1.807) is 0 Å². The summed E-state index contributed by atoms with van der Waals surface area (Å²) < 4.78 is 0. The van der Waals surface area contributed by atoms with Gasteiger partial charge in [0.1, 0.15) is 0 Å². The maximum absolute atomic E-state index is 6.18. The van der Waals surface area contributed by atoms with Crippen LogP contribution in [-0.2, 0) is 0 Å². The Morgan fingerprint density at radius 3 is 2.07 bits per heavy atom. The number of halogens is 1. The molecule has 1 rings (SSSR count). The van der Waals surface area contributed by atoms with E-state index in [0.717, 1.165) is 11.8 Å². The molecule has 1 aliphatic carbocycles. The minimum Gasteiger partial charge on any atom is -0.123 e. The van der Waals surface area contributed by atoms with Crippen molar-refractivity contribution in [3.63, 3.8) is 0 Å². The van der Waals surface area contributed by atoms with E-state index < -0.39 is 0 Å². The highest BCUT2D eigenvalue weighted by Crippen LogP contribution is 2.44. The summed E-state index contributed by atoms with van der Waals surface area (Å²) in [6.45, 7) is 9.56. The maximum atomic E-state index is 6.18. The number of alkyl halides is 1. The summed E-state index contributed by atoms with van der Waals surface area (Å²) in [5.41, 5.74) is 0.512. The zero-order valence-corrected chi connectivity index (χ0v) is 11.6. The molecule has 0 aliphatic heterocycles. The monoisotopic (exact) mass is 230 g/mol. The SMILES string of the molecule is CCC(C1CCC(Cl)CC1)C(C)(C)CC. The Kier molecular flexibility index (Phi) is 4.96. The highest BCUT2D eigenvalue weighted by atomic mass is 35.5. The molecule has 0 aromatic carbocycles. The lowest BCUT2D eigenvalue weighted by Crippen LogP contribution is -2.32. The summed E-state index contributed by atoms with van der Waals surface area (Å²) in [5.74, 6) is 1.83. The topological polar surface area (TPSA) is 0 Å². The maximum Gasteiger partial charge on any atom is 0.0336 e. The van der Waals surface area contributed by atoms with E-state index in [1.807, 2.05) is 0 Å². The Bertz CT molecular complexity index is 178. The predicted molar refractivity (Wildman–Crippen MR) is 69.5 cm³/mol. The molecule has 1 aliphatic rings. The van der Waals surface area contributed by atoms with E-state index in [0.29, 0.717) is 10.8 Å². The van der Waals surface area contributed by atoms with Crippen molar-refractivity contribution in [2.24, 2.45) is 17.3 Å². The van der Waals surface area contributed by atoms with Crippen LogP contribution in [0.1, 0.15) is 66.2 Å². The minimum atomic E-state index is 0.462. The lowest BCUT2D eigenvalue weighted by Gasteiger charge is -2.41. The van der Waals surface area contributed by atoms with E-state index in [9.17, 15) is 0 Å². The summed E-state index contributed by atoms with van der Waals surface area (Å²) in [7, 11) is 0. The van der Waals surface area contributed by atoms with Gasteiger partial charge in [-0.3, -0.25) is 0 Å². The molecule has 0 nitrogen and oxygen atoms in total. The van der Waals surface area contributed by atoms with Crippen LogP contribution in [0.5, 0.6) is 0 Å². The molecule has 0 heterocycles. The van der Waals surface area contributed by atoms with Crippen molar-refractivity contribution in [2.45, 2.75) is 71.6 Å². The first-order valence-electron chi connectivity index (χ1n) is 6.65. The van der Waals surface area contributed by atoms with E-state index in [4.69, 9.17) is 11.6 Å². The summed E-state index contributed by atoms with van der Waals surface area (Å²) in [6.07, 6.45) is 7.82. The van der Waals surface area contributed by atoms with Crippen LogP contribution in [0.15, 0.2) is 0 Å². The van der Waals surface area contributed by atoms with Crippen molar-refractivity contribution >= 4 is 11.6 Å². The first kappa shape index (κ1) is 13.4. The third-order valence-corrected chi connectivity index (χ3v) is 5.06. The van der Waals surface area contributed by atoms with Crippen LogP contribution in [0.2, 0.25) is 0 Å². The third kappa shape index (κ3) is 3.37. The van der Waals surface area contributed by atoms with E-state index in [-0.39, 0.29) is 0 Å². The van der Waals surface area contributed by atoms with E-state index in [1.165, 1.54) is 38.5 Å². The molecule has 0 amide bonds. The van der Waals surface area contributed by atoms with Gasteiger partial charge in [0.05, 0.1) is 0 Å². The second-order valence-corrected chi connectivity index (χ2v) is 6.49. The fourth-order valence-corrected chi connectivity index (χ4v) is 3.52. The van der Waals surface area contributed by atoms with Crippen molar-refractivity contribution < 1.29 is 0 Å². The Morgan fingerprint density at radius 1 is 1.13 bits per heavy atom. The lowest BCUT2D eigenvalue weighted by molar-refractivity contribution is 0.101. The van der Waals surface area contributed by atoms with Gasteiger partial charge in [0.2, 0.25) is 0 Å². The van der Waals surface area contributed by atoms with Crippen molar-refractivity contribution in [2.75, 3.05) is 0 Å². The van der Waals surface area contributed by atoms with Gasteiger partial charge in [-0.2, -0.15) is 0 Å². The fraction of sp³-hybridized carbons (Fsp3) is 1.00. The Morgan fingerprint density at radius 2 is 1.67 bits per heavy atom. The number of hydrogen-bond acceptors (Lipinski definition) is 0. The van der Waals surface area contributed by atoms with Crippen LogP contribution >= 0.6 is 11.6 Å². The van der Waals surface area contributed by atoms with Crippen molar-refractivity contribution in [3.05, 3.63) is 0 Å². The molecule has 0 N–H and O–H groups in total. The molecular formula is C14H27Cl. The van der Waals surface area contributed by atoms with Gasteiger partial charge in [-0.25, -0.2) is 0 Å². The van der Waals surface area contributed by atoms with Gasteiger partial charge in [0.15, 0.2) is 0 Å². The van der Waals surface area contributed by atoms with Gasteiger partial charge in [0, 0.05) is 5.38 Å². The molecule has 0 spiro atoms. The smallest absolute Gasteiger partial charge is 0.0336 e. The average Bonchev–Trinajstić information content (AvgIpc) is 2.22. The Balaban J connectivity index is 2.59. The fourth-order valence-electron chi connectivity index (χ4n) is 3.27. The zero-order valence-electron chi connectivity index (χ0n) is 10.9. The Hall–Kier alpha value is 0.290. The molecule has 0 saturated heterocycles. The van der Waals surface area contributed by atoms with E-state index >= 15 is 0 Å². The normalized spacial score (nSPS) is 30.2. The van der Waals surface area contributed by atoms with Gasteiger partial charge in [0.25, 0.3) is 0 Å². The molecule has 1 unspecified atom stereocenters. The second kappa shape index (κ2) is 5.57. The van der Waals surface area contributed by atoms with Gasteiger partial charge in [-0.1, -0.05) is 40.5 Å². The molecule has 1 fully saturated rings. The van der Waals surface area contributed by atoms with Crippen LogP contribution in [0.25, 0.3) is 0 Å². The van der Waals surface area contributed by atoms with E-state index in [2.05, 4.69) is 27.7 Å². The predicted octanol–water partition coefficient (Wildman–Crippen LogP) is 5.25. The largest absolute Gasteiger partial charge is 0.123 e. The molecule has 1 atom stereocenters. The molecule has 0 aromatic rings.